The molecule has 0 aliphatic carbocycles. The molecule has 6 heteroatoms. The molecular weight excluding hydrogens is 336 g/mol. The maximum atomic E-state index is 12.1. The number of fused-ring (bicyclic) bond motifs is 1. The monoisotopic (exact) mass is 354 g/mol. The van der Waals surface area contributed by atoms with Crippen LogP contribution >= 0.6 is 0 Å². The Bertz CT molecular complexity index is 1020. The summed E-state index contributed by atoms with van der Waals surface area (Å²) in [6, 6.07) is 11.3. The highest BCUT2D eigenvalue weighted by Crippen LogP contribution is 2.27. The second kappa shape index (κ2) is 7.31. The van der Waals surface area contributed by atoms with Crippen LogP contribution in [-0.2, 0) is 11.2 Å². The first-order valence-corrected chi connectivity index (χ1v) is 8.07. The summed E-state index contributed by atoms with van der Waals surface area (Å²) in [6.07, 6.45) is 0.598. The molecule has 0 radical (unpaired) electrons. The number of hydrogen-bond acceptors (Lipinski definition) is 6. The second-order valence-corrected chi connectivity index (χ2v) is 5.89. The van der Waals surface area contributed by atoms with Crippen molar-refractivity contribution >= 4 is 16.9 Å². The van der Waals surface area contributed by atoms with E-state index in [1.807, 2.05) is 6.92 Å². The zero-order valence-electron chi connectivity index (χ0n) is 14.4. The van der Waals surface area contributed by atoms with Crippen molar-refractivity contribution in [2.45, 2.75) is 19.8 Å². The molecule has 0 aliphatic heterocycles. The van der Waals surface area contributed by atoms with Crippen LogP contribution in [-0.4, -0.2) is 18.2 Å². The lowest BCUT2D eigenvalue weighted by atomic mass is 10.1. The highest BCUT2D eigenvalue weighted by molar-refractivity contribution is 5.82. The van der Waals surface area contributed by atoms with Crippen molar-refractivity contribution in [2.75, 3.05) is 7.11 Å². The van der Waals surface area contributed by atoms with Crippen LogP contribution in [0, 0.1) is 6.92 Å². The average molecular weight is 354 g/mol. The number of phenolic OH excluding ortho intramolecular Hbond substituents is 1. The van der Waals surface area contributed by atoms with E-state index in [0.717, 1.165) is 16.5 Å². The lowest BCUT2D eigenvalue weighted by molar-refractivity contribution is -0.134. The van der Waals surface area contributed by atoms with Crippen LogP contribution in [0.5, 0.6) is 17.2 Å². The zero-order chi connectivity index (χ0) is 18.7. The van der Waals surface area contributed by atoms with Crippen molar-refractivity contribution in [2.24, 2.45) is 0 Å². The molecule has 2 aromatic carbocycles. The fourth-order valence-electron chi connectivity index (χ4n) is 2.68. The zero-order valence-corrected chi connectivity index (χ0v) is 14.4. The molecular formula is C20H18O6. The van der Waals surface area contributed by atoms with Gasteiger partial charge in [-0.3, -0.25) is 4.79 Å². The number of aryl methyl sites for hydroxylation is 2. The number of ether oxygens (including phenoxy) is 2. The van der Waals surface area contributed by atoms with E-state index in [4.69, 9.17) is 13.9 Å². The minimum Gasteiger partial charge on any atom is -0.504 e. The number of phenols is 1. The van der Waals surface area contributed by atoms with Gasteiger partial charge < -0.3 is 19.0 Å². The molecule has 0 atom stereocenters. The molecule has 134 valence electrons. The lowest BCUT2D eigenvalue weighted by Crippen LogP contribution is -2.09. The van der Waals surface area contributed by atoms with Crippen LogP contribution in [0.2, 0.25) is 0 Å². The van der Waals surface area contributed by atoms with Crippen molar-refractivity contribution in [1.82, 2.24) is 0 Å². The van der Waals surface area contributed by atoms with Gasteiger partial charge in [-0.1, -0.05) is 6.07 Å². The number of rotatable bonds is 5. The van der Waals surface area contributed by atoms with E-state index in [2.05, 4.69) is 0 Å². The highest BCUT2D eigenvalue weighted by Gasteiger charge is 2.10. The summed E-state index contributed by atoms with van der Waals surface area (Å²) in [6.45, 7) is 1.82. The van der Waals surface area contributed by atoms with Crippen LogP contribution in [0.25, 0.3) is 11.0 Å². The van der Waals surface area contributed by atoms with Crippen molar-refractivity contribution in [3.63, 3.8) is 0 Å². The lowest BCUT2D eigenvalue weighted by Gasteiger charge is -2.08. The summed E-state index contributed by atoms with van der Waals surface area (Å²) >= 11 is 0. The van der Waals surface area contributed by atoms with Gasteiger partial charge in [-0.15, -0.1) is 0 Å². The Morgan fingerprint density at radius 2 is 1.96 bits per heavy atom. The average Bonchev–Trinajstić information content (AvgIpc) is 2.60. The maximum absolute atomic E-state index is 12.1. The van der Waals surface area contributed by atoms with Gasteiger partial charge in [0.15, 0.2) is 11.5 Å². The Morgan fingerprint density at radius 1 is 1.15 bits per heavy atom. The summed E-state index contributed by atoms with van der Waals surface area (Å²) in [7, 11) is 1.47. The van der Waals surface area contributed by atoms with Gasteiger partial charge in [-0.05, 0) is 48.7 Å². The third-order valence-electron chi connectivity index (χ3n) is 4.02. The minimum absolute atomic E-state index is 0.0479. The fraction of sp³-hybridized carbons (Fsp3) is 0.200. The molecule has 1 aromatic heterocycles. The van der Waals surface area contributed by atoms with E-state index >= 15 is 0 Å². The fourth-order valence-corrected chi connectivity index (χ4v) is 2.68. The third kappa shape index (κ3) is 3.85. The van der Waals surface area contributed by atoms with Gasteiger partial charge in [0.1, 0.15) is 11.3 Å². The third-order valence-corrected chi connectivity index (χ3v) is 4.02. The standard InChI is InChI=1S/C20H18O6/c1-12-9-20(23)26-17-11-14(5-6-15(12)17)25-19(22)8-4-13-3-7-16(21)18(10-13)24-2/h3,5-7,9-11,21H,4,8H2,1-2H3. The molecule has 3 aromatic rings. The van der Waals surface area contributed by atoms with E-state index in [1.54, 1.807) is 24.3 Å². The van der Waals surface area contributed by atoms with Crippen molar-refractivity contribution in [3.05, 3.63) is 64.0 Å². The molecule has 26 heavy (non-hydrogen) atoms. The number of carbonyl (C=O) groups excluding carboxylic acids is 1. The normalized spacial score (nSPS) is 10.7. The molecule has 0 aliphatic rings. The SMILES string of the molecule is COc1cc(CCC(=O)Oc2ccc3c(C)cc(=O)oc3c2)ccc1O. The topological polar surface area (TPSA) is 86.0 Å². The molecule has 6 nitrogen and oxygen atoms in total. The summed E-state index contributed by atoms with van der Waals surface area (Å²) in [5.74, 6) is 0.313. The Morgan fingerprint density at radius 3 is 2.73 bits per heavy atom. The molecule has 0 saturated heterocycles. The Labute approximate surface area is 149 Å². The predicted molar refractivity (Wildman–Crippen MR) is 95.8 cm³/mol. The van der Waals surface area contributed by atoms with Crippen LogP contribution in [0.3, 0.4) is 0 Å². The first-order valence-electron chi connectivity index (χ1n) is 8.07. The van der Waals surface area contributed by atoms with E-state index in [-0.39, 0.29) is 12.2 Å². The Balaban J connectivity index is 1.68. The van der Waals surface area contributed by atoms with E-state index in [1.165, 1.54) is 25.3 Å². The number of esters is 1. The van der Waals surface area contributed by atoms with Crippen molar-refractivity contribution in [3.8, 4) is 17.2 Å². The van der Waals surface area contributed by atoms with Crippen molar-refractivity contribution < 1.29 is 23.8 Å². The molecule has 0 amide bonds. The molecule has 1 heterocycles. The first-order chi connectivity index (χ1) is 12.5. The van der Waals surface area contributed by atoms with Gasteiger partial charge in [-0.25, -0.2) is 4.79 Å². The minimum atomic E-state index is -0.445. The number of hydrogen-bond donors (Lipinski definition) is 1. The Kier molecular flexibility index (Phi) is 4.93. The van der Waals surface area contributed by atoms with E-state index in [9.17, 15) is 14.7 Å². The number of methoxy groups -OCH3 is 1. The molecule has 0 spiro atoms. The highest BCUT2D eigenvalue weighted by atomic mass is 16.5. The molecule has 1 N–H and O–H groups in total. The van der Waals surface area contributed by atoms with Crippen LogP contribution < -0.4 is 15.1 Å². The van der Waals surface area contributed by atoms with Gasteiger partial charge in [0.25, 0.3) is 0 Å². The number of carbonyl (C=O) groups is 1. The van der Waals surface area contributed by atoms with Crippen LogP contribution in [0.4, 0.5) is 0 Å². The molecule has 0 unspecified atom stereocenters. The van der Waals surface area contributed by atoms with Crippen LogP contribution in [0.15, 0.2) is 51.7 Å². The van der Waals surface area contributed by atoms with Gasteiger partial charge >= 0.3 is 11.6 Å². The van der Waals surface area contributed by atoms with E-state index < -0.39 is 11.6 Å². The maximum Gasteiger partial charge on any atom is 0.336 e. The molecule has 0 saturated carbocycles. The van der Waals surface area contributed by atoms with Gasteiger partial charge in [-0.2, -0.15) is 0 Å². The smallest absolute Gasteiger partial charge is 0.336 e. The quantitative estimate of drug-likeness (QED) is 0.430. The van der Waals surface area contributed by atoms with Gasteiger partial charge in [0.05, 0.1) is 7.11 Å². The number of benzene rings is 2. The number of aromatic hydroxyl groups is 1. The van der Waals surface area contributed by atoms with E-state index in [0.29, 0.717) is 23.5 Å². The van der Waals surface area contributed by atoms with Gasteiger partial charge in [0.2, 0.25) is 0 Å². The molecule has 3 rings (SSSR count). The van der Waals surface area contributed by atoms with Crippen LogP contribution in [0.1, 0.15) is 17.5 Å². The molecule has 0 fully saturated rings. The largest absolute Gasteiger partial charge is 0.504 e. The second-order valence-electron chi connectivity index (χ2n) is 5.89. The summed E-state index contributed by atoms with van der Waals surface area (Å²) < 4.78 is 15.5. The summed E-state index contributed by atoms with van der Waals surface area (Å²) in [4.78, 5) is 23.6. The first kappa shape index (κ1) is 17.5. The Hall–Kier alpha value is -3.28. The predicted octanol–water partition coefficient (Wildman–Crippen LogP) is 3.35. The molecule has 0 bridgehead atoms. The summed E-state index contributed by atoms with van der Waals surface area (Å²) in [5.41, 5.74) is 1.58. The van der Waals surface area contributed by atoms with Crippen molar-refractivity contribution in [1.29, 1.82) is 0 Å². The van der Waals surface area contributed by atoms with Gasteiger partial charge in [0, 0.05) is 23.9 Å². The summed E-state index contributed by atoms with van der Waals surface area (Å²) in [5, 5.41) is 10.4.